The van der Waals surface area contributed by atoms with Crippen LogP contribution in [-0.2, 0) is 20.7 Å². The van der Waals surface area contributed by atoms with E-state index >= 15 is 0 Å². The number of allylic oxidation sites excluding steroid dienone is 4. The molecule has 1 aliphatic heterocycles. The number of benzene rings is 1. The normalized spacial score (nSPS) is 14.7. The number of hydrogen-bond acceptors (Lipinski definition) is 5. The lowest BCUT2D eigenvalue weighted by Crippen LogP contribution is -2.22. The molecule has 6 nitrogen and oxygen atoms in total. The Bertz CT molecular complexity index is 1130. The summed E-state index contributed by atoms with van der Waals surface area (Å²) in [5, 5.41) is 0. The predicted octanol–water partition coefficient (Wildman–Crippen LogP) is 5.98. The smallest absolute Gasteiger partial charge is 0.329 e. The number of rotatable bonds is 11. The molecule has 0 amide bonds. The summed E-state index contributed by atoms with van der Waals surface area (Å²) in [4.78, 5) is 17.1. The van der Waals surface area contributed by atoms with Crippen LogP contribution in [0.25, 0.3) is 0 Å². The van der Waals surface area contributed by atoms with Crippen LogP contribution in [0.1, 0.15) is 24.9 Å². The van der Waals surface area contributed by atoms with Crippen molar-refractivity contribution in [2.75, 3.05) is 20.3 Å². The monoisotopic (exact) mass is 524 g/mol. The van der Waals surface area contributed by atoms with Gasteiger partial charge >= 0.3 is 5.97 Å². The molecule has 1 unspecified atom stereocenters. The van der Waals surface area contributed by atoms with Crippen LogP contribution in [0.15, 0.2) is 101 Å². The molecule has 1 aromatic carbocycles. The lowest BCUT2D eigenvalue weighted by molar-refractivity contribution is -0.144. The molecular formula is C27H29BrN2O4. The summed E-state index contributed by atoms with van der Waals surface area (Å²) in [5.41, 5.74) is 3.58. The van der Waals surface area contributed by atoms with Gasteiger partial charge in [-0.05, 0) is 58.3 Å². The van der Waals surface area contributed by atoms with Gasteiger partial charge in [-0.3, -0.25) is 0 Å². The molecule has 0 saturated heterocycles. The molecular weight excluding hydrogens is 496 g/mol. The summed E-state index contributed by atoms with van der Waals surface area (Å²) in [6, 6.07) is 11.1. The number of hydrogen-bond donors (Lipinski definition) is 0. The molecule has 0 bridgehead atoms. The highest BCUT2D eigenvalue weighted by Crippen LogP contribution is 2.24. The highest BCUT2D eigenvalue weighted by molar-refractivity contribution is 9.10. The Morgan fingerprint density at radius 1 is 1.29 bits per heavy atom. The molecule has 0 aliphatic carbocycles. The molecule has 0 spiro atoms. The molecule has 3 rings (SSSR count). The minimum atomic E-state index is -0.454. The number of esters is 1. The minimum absolute atomic E-state index is 0.293. The Kier molecular flexibility index (Phi) is 9.10. The fourth-order valence-electron chi connectivity index (χ4n) is 3.59. The average Bonchev–Trinajstić information content (AvgIpc) is 3.28. The van der Waals surface area contributed by atoms with E-state index in [1.807, 2.05) is 60.2 Å². The molecule has 1 aromatic heterocycles. The van der Waals surface area contributed by atoms with Crippen molar-refractivity contribution in [3.63, 3.8) is 0 Å². The molecule has 2 aromatic rings. The topological polar surface area (TPSA) is 62.0 Å². The van der Waals surface area contributed by atoms with Crippen molar-refractivity contribution in [1.82, 2.24) is 4.57 Å². The Morgan fingerprint density at radius 2 is 2.06 bits per heavy atom. The van der Waals surface area contributed by atoms with Gasteiger partial charge in [0.05, 0.1) is 29.7 Å². The van der Waals surface area contributed by atoms with Crippen LogP contribution < -0.4 is 4.74 Å². The van der Waals surface area contributed by atoms with Gasteiger partial charge < -0.3 is 18.8 Å². The first-order chi connectivity index (χ1) is 16.5. The maximum atomic E-state index is 12.3. The third-order valence-corrected chi connectivity index (χ3v) is 6.12. The van der Waals surface area contributed by atoms with Crippen LogP contribution in [0.5, 0.6) is 5.75 Å². The number of carbonyl (C=O) groups excluding carboxylic acids is 1. The molecule has 34 heavy (non-hydrogen) atoms. The molecule has 178 valence electrons. The Hall–Kier alpha value is -3.32. The van der Waals surface area contributed by atoms with Gasteiger partial charge in [-0.1, -0.05) is 43.5 Å². The van der Waals surface area contributed by atoms with E-state index in [4.69, 9.17) is 19.2 Å². The lowest BCUT2D eigenvalue weighted by Gasteiger charge is -2.19. The largest absolute Gasteiger partial charge is 0.493 e. The first-order valence-corrected chi connectivity index (χ1v) is 11.7. The number of halogens is 1. The zero-order chi connectivity index (χ0) is 24.5. The summed E-state index contributed by atoms with van der Waals surface area (Å²) in [7, 11) is 1.40. The van der Waals surface area contributed by atoms with Crippen molar-refractivity contribution in [2.45, 2.75) is 25.8 Å². The second-order valence-corrected chi connectivity index (χ2v) is 8.45. The molecule has 0 saturated carbocycles. The molecule has 0 radical (unpaired) electrons. The first kappa shape index (κ1) is 25.3. The van der Waals surface area contributed by atoms with Crippen molar-refractivity contribution in [3.05, 3.63) is 101 Å². The van der Waals surface area contributed by atoms with E-state index < -0.39 is 6.04 Å². The Labute approximate surface area is 209 Å². The maximum absolute atomic E-state index is 12.3. The SMILES string of the molecule is C=C/C=C(\C=C)C1=NC(CCOc2ccc(CC(C(=O)OC)n3cccc3Br)cc2)=C(C)OC1. The van der Waals surface area contributed by atoms with Crippen LogP contribution in [0.4, 0.5) is 0 Å². The van der Waals surface area contributed by atoms with Gasteiger partial charge in [-0.2, -0.15) is 0 Å². The van der Waals surface area contributed by atoms with Gasteiger partial charge in [0.1, 0.15) is 24.2 Å². The maximum Gasteiger partial charge on any atom is 0.329 e. The van der Waals surface area contributed by atoms with Crippen LogP contribution in [0.3, 0.4) is 0 Å². The van der Waals surface area contributed by atoms with Crippen molar-refractivity contribution >= 4 is 27.6 Å². The summed E-state index contributed by atoms with van der Waals surface area (Å²) in [5.74, 6) is 1.26. The van der Waals surface area contributed by atoms with Crippen LogP contribution >= 0.6 is 15.9 Å². The summed E-state index contributed by atoms with van der Waals surface area (Å²) >= 11 is 3.48. The fourth-order valence-corrected chi connectivity index (χ4v) is 4.11. The van der Waals surface area contributed by atoms with Crippen molar-refractivity contribution < 1.29 is 19.0 Å². The van der Waals surface area contributed by atoms with Gasteiger partial charge in [-0.15, -0.1) is 0 Å². The van der Waals surface area contributed by atoms with E-state index in [0.29, 0.717) is 26.1 Å². The van der Waals surface area contributed by atoms with E-state index in [2.05, 4.69) is 29.1 Å². The Morgan fingerprint density at radius 3 is 2.68 bits per heavy atom. The zero-order valence-electron chi connectivity index (χ0n) is 19.5. The van der Waals surface area contributed by atoms with Gasteiger partial charge in [0.25, 0.3) is 0 Å². The summed E-state index contributed by atoms with van der Waals surface area (Å²) in [6.45, 7) is 10.4. The number of carbonyl (C=O) groups is 1. The number of ether oxygens (including phenoxy) is 3. The first-order valence-electron chi connectivity index (χ1n) is 10.9. The highest BCUT2D eigenvalue weighted by Gasteiger charge is 2.23. The molecule has 1 atom stereocenters. The molecule has 1 aliphatic rings. The third kappa shape index (κ3) is 6.38. The van der Waals surface area contributed by atoms with Crippen molar-refractivity contribution in [1.29, 1.82) is 0 Å². The molecule has 7 heteroatoms. The van der Waals surface area contributed by atoms with Crippen molar-refractivity contribution in [2.24, 2.45) is 4.99 Å². The predicted molar refractivity (Wildman–Crippen MR) is 138 cm³/mol. The lowest BCUT2D eigenvalue weighted by atomic mass is 10.1. The van der Waals surface area contributed by atoms with Gasteiger partial charge in [0.2, 0.25) is 0 Å². The van der Waals surface area contributed by atoms with E-state index in [-0.39, 0.29) is 5.97 Å². The molecule has 0 N–H and O–H groups in total. The van der Waals surface area contributed by atoms with Crippen LogP contribution in [-0.4, -0.2) is 36.6 Å². The number of methoxy groups -OCH3 is 1. The average molecular weight is 525 g/mol. The summed E-state index contributed by atoms with van der Waals surface area (Å²) < 4.78 is 19.4. The molecule has 2 heterocycles. The second-order valence-electron chi connectivity index (χ2n) is 7.64. The van der Waals surface area contributed by atoms with Crippen LogP contribution in [0.2, 0.25) is 0 Å². The van der Waals surface area contributed by atoms with E-state index in [9.17, 15) is 4.79 Å². The third-order valence-electron chi connectivity index (χ3n) is 5.45. The minimum Gasteiger partial charge on any atom is -0.493 e. The van der Waals surface area contributed by atoms with Gasteiger partial charge in [0, 0.05) is 19.0 Å². The van der Waals surface area contributed by atoms with Gasteiger partial charge in [-0.25, -0.2) is 9.79 Å². The van der Waals surface area contributed by atoms with E-state index in [1.165, 1.54) is 7.11 Å². The van der Waals surface area contributed by atoms with Crippen LogP contribution in [0, 0.1) is 0 Å². The standard InChI is InChI=1S/C27H29BrN2O4/c1-5-8-21(6-2)24-18-34-19(3)23(29-24)14-16-33-22-12-10-20(11-13-22)17-25(27(31)32-4)30-15-7-9-26(30)28/h5-13,15,25H,1-2,14,16-18H2,3-4H3/b21-8+. The number of aliphatic imine (C=N–C) groups is 1. The number of aromatic nitrogens is 1. The molecule has 0 fully saturated rings. The van der Waals surface area contributed by atoms with Crippen molar-refractivity contribution in [3.8, 4) is 5.75 Å². The van der Waals surface area contributed by atoms with Gasteiger partial charge in [0.15, 0.2) is 0 Å². The second kappa shape index (κ2) is 12.2. The van der Waals surface area contributed by atoms with E-state index in [0.717, 1.165) is 38.7 Å². The summed E-state index contributed by atoms with van der Waals surface area (Å²) in [6.07, 6.45) is 8.30. The fraction of sp³-hybridized carbons (Fsp3) is 0.259. The highest BCUT2D eigenvalue weighted by atomic mass is 79.9. The Balaban J connectivity index is 1.61. The zero-order valence-corrected chi connectivity index (χ0v) is 21.1. The quantitative estimate of drug-likeness (QED) is 0.268. The van der Waals surface area contributed by atoms with E-state index in [1.54, 1.807) is 12.2 Å². The number of nitrogens with zero attached hydrogens (tertiary/aromatic N) is 2.